The maximum absolute atomic E-state index is 12.5. The molecule has 0 bridgehead atoms. The Kier molecular flexibility index (Phi) is 7.01. The number of para-hydroxylation sites is 1. The van der Waals surface area contributed by atoms with Gasteiger partial charge in [-0.1, -0.05) is 38.7 Å². The number of aromatic nitrogens is 1. The van der Waals surface area contributed by atoms with Crippen LogP contribution in [0.15, 0.2) is 29.1 Å². The number of pyridine rings is 1. The molecular formula is C19H27N3O4S. The van der Waals surface area contributed by atoms with Crippen molar-refractivity contribution in [1.29, 1.82) is 0 Å². The Hall–Kier alpha value is -2.35. The summed E-state index contributed by atoms with van der Waals surface area (Å²) in [6.45, 7) is 4.08. The molecule has 1 heterocycles. The number of sulfonamides is 1. The first-order chi connectivity index (χ1) is 12.7. The van der Waals surface area contributed by atoms with Crippen molar-refractivity contribution in [1.82, 2.24) is 10.3 Å². The van der Waals surface area contributed by atoms with Crippen molar-refractivity contribution in [3.63, 3.8) is 0 Å². The molecule has 1 aromatic carbocycles. The predicted octanol–water partition coefficient (Wildman–Crippen LogP) is 2.99. The molecule has 0 unspecified atom stereocenters. The number of hydrogen-bond acceptors (Lipinski definition) is 4. The van der Waals surface area contributed by atoms with E-state index in [-0.39, 0.29) is 34.3 Å². The molecule has 148 valence electrons. The van der Waals surface area contributed by atoms with Crippen molar-refractivity contribution in [2.45, 2.75) is 52.0 Å². The van der Waals surface area contributed by atoms with Crippen LogP contribution in [-0.2, 0) is 10.0 Å². The summed E-state index contributed by atoms with van der Waals surface area (Å²) < 4.78 is 25.5. The van der Waals surface area contributed by atoms with E-state index in [9.17, 15) is 18.0 Å². The number of anilines is 1. The summed E-state index contributed by atoms with van der Waals surface area (Å²) in [5, 5.41) is 3.20. The van der Waals surface area contributed by atoms with Crippen LogP contribution < -0.4 is 15.5 Å². The van der Waals surface area contributed by atoms with Crippen molar-refractivity contribution in [2.24, 2.45) is 0 Å². The topological polar surface area (TPSA) is 108 Å². The van der Waals surface area contributed by atoms with Crippen LogP contribution >= 0.6 is 0 Å². The number of hydrogen-bond donors (Lipinski definition) is 3. The van der Waals surface area contributed by atoms with Gasteiger partial charge in [-0.15, -0.1) is 0 Å². The van der Waals surface area contributed by atoms with Gasteiger partial charge in [-0.05, 0) is 25.5 Å². The first-order valence-electron chi connectivity index (χ1n) is 9.16. The van der Waals surface area contributed by atoms with Gasteiger partial charge in [0.1, 0.15) is 5.69 Å². The number of fused-ring (bicyclic) bond motifs is 1. The van der Waals surface area contributed by atoms with E-state index in [0.29, 0.717) is 5.39 Å². The molecule has 2 rings (SSSR count). The molecule has 0 fully saturated rings. The number of carbonyl (C=O) groups is 1. The second-order valence-corrected chi connectivity index (χ2v) is 8.62. The molecule has 1 aromatic heterocycles. The summed E-state index contributed by atoms with van der Waals surface area (Å²) in [5.74, 6) is -0.383. The van der Waals surface area contributed by atoms with Crippen molar-refractivity contribution in [3.05, 3.63) is 40.2 Å². The highest BCUT2D eigenvalue weighted by Crippen LogP contribution is 2.20. The van der Waals surface area contributed by atoms with Crippen LogP contribution in [0.5, 0.6) is 0 Å². The number of H-pyrrole nitrogens is 1. The molecular weight excluding hydrogens is 366 g/mol. The summed E-state index contributed by atoms with van der Waals surface area (Å²) in [6.07, 6.45) is 6.39. The Morgan fingerprint density at radius 1 is 1.22 bits per heavy atom. The Bertz CT molecular complexity index is 967. The normalized spacial score (nSPS) is 12.7. The van der Waals surface area contributed by atoms with Gasteiger partial charge in [0.15, 0.2) is 5.43 Å². The summed E-state index contributed by atoms with van der Waals surface area (Å²) in [4.78, 5) is 27.8. The van der Waals surface area contributed by atoms with E-state index in [0.717, 1.165) is 31.9 Å². The van der Waals surface area contributed by atoms with Gasteiger partial charge in [0.05, 0.1) is 17.5 Å². The highest BCUT2D eigenvalue weighted by atomic mass is 32.2. The average molecular weight is 394 g/mol. The van der Waals surface area contributed by atoms with E-state index in [2.05, 4.69) is 21.9 Å². The van der Waals surface area contributed by atoms with Gasteiger partial charge < -0.3 is 10.3 Å². The molecule has 0 aliphatic heterocycles. The molecule has 0 saturated carbocycles. The fourth-order valence-electron chi connectivity index (χ4n) is 2.93. The fraction of sp³-hybridized carbons (Fsp3) is 0.474. The first-order valence-corrected chi connectivity index (χ1v) is 11.0. The van der Waals surface area contributed by atoms with Crippen molar-refractivity contribution >= 4 is 32.5 Å². The highest BCUT2D eigenvalue weighted by Gasteiger charge is 2.15. The number of carbonyl (C=O) groups excluding carboxylic acids is 1. The monoisotopic (exact) mass is 393 g/mol. The molecule has 3 N–H and O–H groups in total. The molecule has 0 saturated heterocycles. The zero-order valence-corrected chi connectivity index (χ0v) is 16.8. The number of nitrogens with one attached hydrogen (secondary N) is 3. The molecule has 7 nitrogen and oxygen atoms in total. The second-order valence-electron chi connectivity index (χ2n) is 6.87. The van der Waals surface area contributed by atoms with Crippen molar-refractivity contribution in [3.8, 4) is 0 Å². The van der Waals surface area contributed by atoms with Gasteiger partial charge in [-0.2, -0.15) is 0 Å². The standard InChI is InChI=1S/C19H27N3O4S/c1-4-5-6-7-9-13(2)20-19(24)16-12-17(23)14-10-8-11-15(18(14)21-16)22-27(3,25)26/h8,10-13,22H,4-7,9H2,1-3H3,(H,20,24)(H,21,23)/t13-/m0/s1. The van der Waals surface area contributed by atoms with Gasteiger partial charge in [0, 0.05) is 17.5 Å². The third kappa shape index (κ3) is 6.09. The number of aromatic amines is 1. The van der Waals surface area contributed by atoms with Crippen molar-refractivity contribution in [2.75, 3.05) is 11.0 Å². The highest BCUT2D eigenvalue weighted by molar-refractivity contribution is 7.92. The molecule has 1 amide bonds. The second kappa shape index (κ2) is 9.03. The third-order valence-corrected chi connectivity index (χ3v) is 4.86. The Labute approximate surface area is 159 Å². The van der Waals surface area contributed by atoms with Crippen molar-refractivity contribution < 1.29 is 13.2 Å². The lowest BCUT2D eigenvalue weighted by atomic mass is 10.1. The van der Waals surface area contributed by atoms with E-state index in [4.69, 9.17) is 0 Å². The molecule has 1 atom stereocenters. The van der Waals surface area contributed by atoms with E-state index >= 15 is 0 Å². The van der Waals surface area contributed by atoms with Gasteiger partial charge in [0.2, 0.25) is 10.0 Å². The Balaban J connectivity index is 2.24. The minimum absolute atomic E-state index is 0.0158. The minimum atomic E-state index is -3.52. The molecule has 2 aromatic rings. The predicted molar refractivity (Wildman–Crippen MR) is 109 cm³/mol. The Morgan fingerprint density at radius 2 is 1.96 bits per heavy atom. The number of unbranched alkanes of at least 4 members (excludes halogenated alkanes) is 3. The van der Waals surface area contributed by atoms with E-state index in [1.54, 1.807) is 12.1 Å². The van der Waals surface area contributed by atoms with Crippen LogP contribution in [0.1, 0.15) is 56.4 Å². The average Bonchev–Trinajstić information content (AvgIpc) is 2.58. The molecule has 27 heavy (non-hydrogen) atoms. The smallest absolute Gasteiger partial charge is 0.268 e. The molecule has 0 aliphatic rings. The molecule has 0 aliphatic carbocycles. The number of amides is 1. The van der Waals surface area contributed by atoms with Crippen LogP contribution in [0.2, 0.25) is 0 Å². The molecule has 0 spiro atoms. The fourth-order valence-corrected chi connectivity index (χ4v) is 3.50. The minimum Gasteiger partial charge on any atom is -0.349 e. The lowest BCUT2D eigenvalue weighted by molar-refractivity contribution is 0.0933. The van der Waals surface area contributed by atoms with Crippen LogP contribution in [0.4, 0.5) is 5.69 Å². The van der Waals surface area contributed by atoms with Crippen LogP contribution in [0.3, 0.4) is 0 Å². The van der Waals surface area contributed by atoms with E-state index in [1.807, 2.05) is 6.92 Å². The summed E-state index contributed by atoms with van der Waals surface area (Å²) in [7, 11) is -3.52. The maximum Gasteiger partial charge on any atom is 0.268 e. The Morgan fingerprint density at radius 3 is 2.63 bits per heavy atom. The largest absolute Gasteiger partial charge is 0.349 e. The zero-order valence-electron chi connectivity index (χ0n) is 16.0. The lowest BCUT2D eigenvalue weighted by Crippen LogP contribution is -2.33. The SMILES string of the molecule is CCCCCC[C@H](C)NC(=O)c1cc(=O)c2cccc(NS(C)(=O)=O)c2[nH]1. The zero-order chi connectivity index (χ0) is 20.0. The quantitative estimate of drug-likeness (QED) is 0.569. The maximum atomic E-state index is 12.5. The lowest BCUT2D eigenvalue weighted by Gasteiger charge is -2.14. The summed E-state index contributed by atoms with van der Waals surface area (Å²) in [6, 6.07) is 5.93. The van der Waals surface area contributed by atoms with Crippen LogP contribution in [0.25, 0.3) is 10.9 Å². The van der Waals surface area contributed by atoms with Gasteiger partial charge in [-0.25, -0.2) is 8.42 Å². The van der Waals surface area contributed by atoms with Gasteiger partial charge in [-0.3, -0.25) is 14.3 Å². The number of rotatable bonds is 9. The third-order valence-electron chi connectivity index (χ3n) is 4.27. The van der Waals surface area contributed by atoms with E-state index in [1.165, 1.54) is 18.6 Å². The van der Waals surface area contributed by atoms with Crippen LogP contribution in [0, 0.1) is 0 Å². The molecule has 0 radical (unpaired) electrons. The molecule has 8 heteroatoms. The van der Waals surface area contributed by atoms with Gasteiger partial charge in [0.25, 0.3) is 5.91 Å². The summed E-state index contributed by atoms with van der Waals surface area (Å²) >= 11 is 0. The number of benzene rings is 1. The van der Waals surface area contributed by atoms with Gasteiger partial charge >= 0.3 is 0 Å². The van der Waals surface area contributed by atoms with E-state index < -0.39 is 10.0 Å². The first kappa shape index (κ1) is 21.0. The summed E-state index contributed by atoms with van der Waals surface area (Å²) in [5.41, 5.74) is 0.280. The van der Waals surface area contributed by atoms with Crippen LogP contribution in [-0.4, -0.2) is 31.6 Å².